The smallest absolute Gasteiger partial charge is 0.120 e. The van der Waals surface area contributed by atoms with E-state index in [1.54, 1.807) is 6.08 Å². The van der Waals surface area contributed by atoms with Crippen molar-refractivity contribution in [2.45, 2.75) is 12.8 Å². The van der Waals surface area contributed by atoms with Gasteiger partial charge in [-0.05, 0) is 43.7 Å². The van der Waals surface area contributed by atoms with Crippen molar-refractivity contribution in [3.05, 3.63) is 36.9 Å². The first-order chi connectivity index (χ1) is 10.4. The molecule has 0 saturated carbocycles. The second-order valence-electron chi connectivity index (χ2n) is 5.08. The van der Waals surface area contributed by atoms with E-state index in [2.05, 4.69) is 11.5 Å². The summed E-state index contributed by atoms with van der Waals surface area (Å²) in [5.41, 5.74) is 0. The van der Waals surface area contributed by atoms with E-state index in [4.69, 9.17) is 14.2 Å². The van der Waals surface area contributed by atoms with Gasteiger partial charge in [-0.25, -0.2) is 0 Å². The van der Waals surface area contributed by atoms with Crippen LogP contribution in [0.3, 0.4) is 0 Å². The fourth-order valence-corrected chi connectivity index (χ4v) is 2.24. The Labute approximate surface area is 139 Å². The van der Waals surface area contributed by atoms with Gasteiger partial charge in [0.05, 0.1) is 19.8 Å². The van der Waals surface area contributed by atoms with Crippen LogP contribution in [0.2, 0.25) is 0 Å². The number of benzene rings is 1. The molecular weight excluding hydrogens is 302 g/mol. The summed E-state index contributed by atoms with van der Waals surface area (Å²) in [6, 6.07) is 7.74. The largest absolute Gasteiger partial charge is 0.494 e. The molecule has 4 nitrogen and oxygen atoms in total. The van der Waals surface area contributed by atoms with Gasteiger partial charge in [-0.3, -0.25) is 4.90 Å². The average Bonchev–Trinajstić information content (AvgIpc) is 2.55. The lowest BCUT2D eigenvalue weighted by molar-refractivity contribution is 0.0368. The minimum atomic E-state index is 0. The van der Waals surface area contributed by atoms with Crippen molar-refractivity contribution in [3.63, 3.8) is 0 Å². The first-order valence-electron chi connectivity index (χ1n) is 7.65. The number of hydrogen-bond donors (Lipinski definition) is 0. The van der Waals surface area contributed by atoms with Crippen LogP contribution in [-0.2, 0) is 4.74 Å². The highest BCUT2D eigenvalue weighted by Crippen LogP contribution is 2.17. The summed E-state index contributed by atoms with van der Waals surface area (Å²) in [5.74, 6) is 1.74. The molecule has 5 heteroatoms. The lowest BCUT2D eigenvalue weighted by atomic mass is 10.3. The molecule has 0 aliphatic carbocycles. The number of ether oxygens (including phenoxy) is 3. The topological polar surface area (TPSA) is 30.9 Å². The second-order valence-corrected chi connectivity index (χ2v) is 5.08. The summed E-state index contributed by atoms with van der Waals surface area (Å²) in [5, 5.41) is 0. The number of morpholine rings is 1. The van der Waals surface area contributed by atoms with Gasteiger partial charge >= 0.3 is 0 Å². The van der Waals surface area contributed by atoms with Crippen molar-refractivity contribution in [2.75, 3.05) is 46.1 Å². The lowest BCUT2D eigenvalue weighted by Gasteiger charge is -2.26. The maximum Gasteiger partial charge on any atom is 0.120 e. The molecule has 1 aliphatic rings. The van der Waals surface area contributed by atoms with Crippen LogP contribution >= 0.6 is 12.4 Å². The van der Waals surface area contributed by atoms with Crippen LogP contribution in [-0.4, -0.2) is 51.0 Å². The zero-order chi connectivity index (χ0) is 14.8. The predicted molar refractivity (Wildman–Crippen MR) is 91.4 cm³/mol. The van der Waals surface area contributed by atoms with Crippen molar-refractivity contribution in [1.29, 1.82) is 0 Å². The fourth-order valence-electron chi connectivity index (χ4n) is 2.24. The Morgan fingerprint density at radius 2 is 1.68 bits per heavy atom. The van der Waals surface area contributed by atoms with Gasteiger partial charge in [-0.2, -0.15) is 0 Å². The van der Waals surface area contributed by atoms with Crippen LogP contribution in [0.15, 0.2) is 36.9 Å². The molecular formula is C17H26ClNO3. The molecule has 124 valence electrons. The SMILES string of the molecule is C=CCOc1ccc(OCCCCN2CCOCC2)cc1.Cl. The third-order valence-electron chi connectivity index (χ3n) is 3.43. The zero-order valence-corrected chi connectivity index (χ0v) is 13.9. The van der Waals surface area contributed by atoms with Gasteiger partial charge in [0.1, 0.15) is 18.1 Å². The van der Waals surface area contributed by atoms with Crippen LogP contribution in [0.25, 0.3) is 0 Å². The molecule has 0 amide bonds. The minimum absolute atomic E-state index is 0. The third kappa shape index (κ3) is 7.16. The molecule has 1 aliphatic heterocycles. The highest BCUT2D eigenvalue weighted by molar-refractivity contribution is 5.85. The molecule has 1 aromatic carbocycles. The van der Waals surface area contributed by atoms with Gasteiger partial charge in [-0.1, -0.05) is 12.7 Å². The van der Waals surface area contributed by atoms with E-state index in [0.29, 0.717) is 6.61 Å². The molecule has 2 rings (SSSR count). The van der Waals surface area contributed by atoms with E-state index in [-0.39, 0.29) is 12.4 Å². The minimum Gasteiger partial charge on any atom is -0.494 e. The Balaban J connectivity index is 0.00000242. The molecule has 0 spiro atoms. The molecule has 22 heavy (non-hydrogen) atoms. The van der Waals surface area contributed by atoms with Crippen LogP contribution in [0, 0.1) is 0 Å². The van der Waals surface area contributed by atoms with Crippen molar-refractivity contribution in [1.82, 2.24) is 4.90 Å². The summed E-state index contributed by atoms with van der Waals surface area (Å²) >= 11 is 0. The first kappa shape index (κ1) is 18.8. The van der Waals surface area contributed by atoms with Gasteiger partial charge < -0.3 is 14.2 Å². The number of hydrogen-bond acceptors (Lipinski definition) is 4. The number of rotatable bonds is 9. The normalized spacial score (nSPS) is 14.9. The number of halogens is 1. The summed E-state index contributed by atoms with van der Waals surface area (Å²) in [4.78, 5) is 2.45. The fraction of sp³-hybridized carbons (Fsp3) is 0.529. The molecule has 0 N–H and O–H groups in total. The highest BCUT2D eigenvalue weighted by Gasteiger charge is 2.08. The maximum atomic E-state index is 5.74. The van der Waals surface area contributed by atoms with Crippen molar-refractivity contribution in [2.24, 2.45) is 0 Å². The third-order valence-corrected chi connectivity index (χ3v) is 3.43. The van der Waals surface area contributed by atoms with E-state index in [1.165, 1.54) is 6.42 Å². The lowest BCUT2D eigenvalue weighted by Crippen LogP contribution is -2.36. The summed E-state index contributed by atoms with van der Waals surface area (Å²) in [7, 11) is 0. The van der Waals surface area contributed by atoms with E-state index >= 15 is 0 Å². The predicted octanol–water partition coefficient (Wildman–Crippen LogP) is 3.16. The summed E-state index contributed by atoms with van der Waals surface area (Å²) in [6.07, 6.45) is 3.98. The van der Waals surface area contributed by atoms with E-state index in [0.717, 1.165) is 57.4 Å². The zero-order valence-electron chi connectivity index (χ0n) is 13.0. The van der Waals surface area contributed by atoms with Crippen LogP contribution in [0.1, 0.15) is 12.8 Å². The molecule has 1 saturated heterocycles. The molecule has 1 fully saturated rings. The molecule has 0 atom stereocenters. The molecule has 0 aromatic heterocycles. The van der Waals surface area contributed by atoms with Gasteiger partial charge in [0, 0.05) is 13.1 Å². The van der Waals surface area contributed by atoms with Crippen LogP contribution in [0.4, 0.5) is 0 Å². The van der Waals surface area contributed by atoms with E-state index < -0.39 is 0 Å². The Morgan fingerprint density at radius 3 is 2.32 bits per heavy atom. The monoisotopic (exact) mass is 327 g/mol. The van der Waals surface area contributed by atoms with Crippen LogP contribution in [0.5, 0.6) is 11.5 Å². The molecule has 0 radical (unpaired) electrons. The molecule has 0 unspecified atom stereocenters. The van der Waals surface area contributed by atoms with Gasteiger partial charge in [0.2, 0.25) is 0 Å². The highest BCUT2D eigenvalue weighted by atomic mass is 35.5. The molecule has 1 aromatic rings. The van der Waals surface area contributed by atoms with Crippen molar-refractivity contribution in [3.8, 4) is 11.5 Å². The molecule has 1 heterocycles. The van der Waals surface area contributed by atoms with E-state index in [9.17, 15) is 0 Å². The summed E-state index contributed by atoms with van der Waals surface area (Å²) in [6.45, 7) is 9.92. The van der Waals surface area contributed by atoms with Gasteiger partial charge in [0.25, 0.3) is 0 Å². The Bertz CT molecular complexity index is 405. The molecule has 0 bridgehead atoms. The standard InChI is InChI=1S/C17H25NO3.ClH/c1-2-12-20-16-5-7-17(8-6-16)21-13-4-3-9-18-10-14-19-15-11-18;/h2,5-8H,1,3-4,9-15H2;1H. The average molecular weight is 328 g/mol. The van der Waals surface area contributed by atoms with Crippen molar-refractivity contribution >= 4 is 12.4 Å². The number of unbranched alkanes of at least 4 members (excludes halogenated alkanes) is 1. The number of nitrogens with zero attached hydrogens (tertiary/aromatic N) is 1. The second kappa shape index (κ2) is 11.4. The Morgan fingerprint density at radius 1 is 1.05 bits per heavy atom. The quantitative estimate of drug-likeness (QED) is 0.515. The van der Waals surface area contributed by atoms with Crippen molar-refractivity contribution < 1.29 is 14.2 Å². The van der Waals surface area contributed by atoms with Gasteiger partial charge in [0.15, 0.2) is 0 Å². The Kier molecular flexibility index (Phi) is 9.71. The van der Waals surface area contributed by atoms with E-state index in [1.807, 2.05) is 24.3 Å². The Hall–Kier alpha value is -1.23. The first-order valence-corrected chi connectivity index (χ1v) is 7.65. The van der Waals surface area contributed by atoms with Gasteiger partial charge in [-0.15, -0.1) is 12.4 Å². The van der Waals surface area contributed by atoms with Crippen LogP contribution < -0.4 is 9.47 Å². The summed E-state index contributed by atoms with van der Waals surface area (Å²) < 4.78 is 16.5. The maximum absolute atomic E-state index is 5.74.